The van der Waals surface area contributed by atoms with Crippen LogP contribution in [0.3, 0.4) is 0 Å². The van der Waals surface area contributed by atoms with Crippen LogP contribution in [0.4, 0.5) is 0 Å². The topological polar surface area (TPSA) is 58.4 Å². The van der Waals surface area contributed by atoms with Gasteiger partial charge in [0.2, 0.25) is 5.91 Å². The molecule has 0 spiro atoms. The van der Waals surface area contributed by atoms with E-state index in [0.717, 1.165) is 45.4 Å². The van der Waals surface area contributed by atoms with Gasteiger partial charge < -0.3 is 16.0 Å². The van der Waals surface area contributed by atoms with E-state index in [2.05, 4.69) is 54.4 Å². The maximum absolute atomic E-state index is 12.5. The van der Waals surface area contributed by atoms with Gasteiger partial charge in [-0.1, -0.05) is 44.2 Å². The van der Waals surface area contributed by atoms with Crippen LogP contribution in [0, 0.1) is 11.3 Å². The Labute approximate surface area is 171 Å². The van der Waals surface area contributed by atoms with E-state index < -0.39 is 0 Å². The average molecular weight is 404 g/mol. The number of carbonyl (C=O) groups is 1. The summed E-state index contributed by atoms with van der Waals surface area (Å²) in [5.41, 5.74) is 6.87. The zero-order valence-corrected chi connectivity index (χ0v) is 17.7. The average Bonchev–Trinajstić information content (AvgIpc) is 3.09. The van der Waals surface area contributed by atoms with Crippen LogP contribution in [0.5, 0.6) is 0 Å². The van der Waals surface area contributed by atoms with Gasteiger partial charge in [0.05, 0.1) is 5.41 Å². The van der Waals surface area contributed by atoms with Crippen molar-refractivity contribution in [3.63, 3.8) is 0 Å². The minimum absolute atomic E-state index is 0. The lowest BCUT2D eigenvalue weighted by atomic mass is 9.81. The molecule has 4 nitrogen and oxygen atoms in total. The van der Waals surface area contributed by atoms with E-state index in [1.165, 1.54) is 12.0 Å². The molecule has 3 N–H and O–H groups in total. The summed E-state index contributed by atoms with van der Waals surface area (Å²) in [5, 5.41) is 3.17. The summed E-state index contributed by atoms with van der Waals surface area (Å²) in [5.74, 6) is 0.701. The van der Waals surface area contributed by atoms with Crippen molar-refractivity contribution in [1.82, 2.24) is 10.2 Å². The molecule has 2 rings (SSSR count). The van der Waals surface area contributed by atoms with Crippen LogP contribution >= 0.6 is 24.8 Å². The number of rotatable bonds is 9. The molecule has 1 fully saturated rings. The molecule has 1 aromatic carbocycles. The van der Waals surface area contributed by atoms with Crippen LogP contribution in [-0.4, -0.2) is 43.5 Å². The van der Waals surface area contributed by atoms with Crippen molar-refractivity contribution in [2.24, 2.45) is 17.1 Å². The first-order valence-corrected chi connectivity index (χ1v) is 9.38. The Kier molecular flexibility index (Phi) is 12.2. The summed E-state index contributed by atoms with van der Waals surface area (Å²) in [6.07, 6.45) is 3.88. The molecule has 150 valence electrons. The lowest BCUT2D eigenvalue weighted by molar-refractivity contribution is -0.131. The van der Waals surface area contributed by atoms with Gasteiger partial charge in [0, 0.05) is 26.2 Å². The minimum Gasteiger partial charge on any atom is -0.355 e. The Morgan fingerprint density at radius 2 is 1.88 bits per heavy atom. The summed E-state index contributed by atoms with van der Waals surface area (Å²) >= 11 is 0. The molecule has 1 aromatic rings. The van der Waals surface area contributed by atoms with Gasteiger partial charge in [-0.15, -0.1) is 24.8 Å². The first kappa shape index (κ1) is 25.2. The molecule has 0 aromatic heterocycles. The van der Waals surface area contributed by atoms with Crippen LogP contribution < -0.4 is 11.1 Å². The highest BCUT2D eigenvalue weighted by Gasteiger charge is 2.33. The third-order valence-corrected chi connectivity index (χ3v) is 5.71. The number of likely N-dealkylation sites (tertiary alicyclic amines) is 1. The largest absolute Gasteiger partial charge is 0.355 e. The molecule has 26 heavy (non-hydrogen) atoms. The van der Waals surface area contributed by atoms with Gasteiger partial charge in [-0.25, -0.2) is 0 Å². The zero-order chi connectivity index (χ0) is 17.4. The van der Waals surface area contributed by atoms with Gasteiger partial charge in [-0.05, 0) is 43.7 Å². The molecule has 1 unspecified atom stereocenters. The number of amides is 1. The second kappa shape index (κ2) is 12.6. The first-order valence-electron chi connectivity index (χ1n) is 9.38. The zero-order valence-electron chi connectivity index (χ0n) is 16.1. The molecule has 0 bridgehead atoms. The Morgan fingerprint density at radius 1 is 1.23 bits per heavy atom. The first-order chi connectivity index (χ1) is 11.6. The lowest BCUT2D eigenvalue weighted by Gasteiger charge is -2.29. The Hall–Kier alpha value is -0.810. The minimum atomic E-state index is -0.383. The molecule has 1 heterocycles. The number of benzene rings is 1. The van der Waals surface area contributed by atoms with E-state index in [-0.39, 0.29) is 36.1 Å². The number of nitrogens with one attached hydrogen (secondary N) is 1. The Balaban J connectivity index is 0.00000312. The highest BCUT2D eigenvalue weighted by atomic mass is 35.5. The molecule has 6 heteroatoms. The molecular formula is C20H35Cl2N3O. The Morgan fingerprint density at radius 3 is 2.46 bits per heavy atom. The molecule has 0 aliphatic carbocycles. The summed E-state index contributed by atoms with van der Waals surface area (Å²) < 4.78 is 0. The third-order valence-electron chi connectivity index (χ3n) is 5.71. The van der Waals surface area contributed by atoms with Crippen LogP contribution in [0.2, 0.25) is 0 Å². The predicted molar refractivity (Wildman–Crippen MR) is 114 cm³/mol. The summed E-state index contributed by atoms with van der Waals surface area (Å²) in [7, 11) is 0. The normalized spacial score (nSPS) is 17.3. The maximum atomic E-state index is 12.5. The van der Waals surface area contributed by atoms with E-state index in [1.54, 1.807) is 0 Å². The monoisotopic (exact) mass is 403 g/mol. The fraction of sp³-hybridized carbons (Fsp3) is 0.650. The van der Waals surface area contributed by atoms with Crippen LogP contribution in [0.15, 0.2) is 30.3 Å². The number of carbonyl (C=O) groups excluding carboxylic acids is 1. The third kappa shape index (κ3) is 6.73. The summed E-state index contributed by atoms with van der Waals surface area (Å²) in [6.45, 7) is 8.64. The number of hydrogen-bond donors (Lipinski definition) is 2. The predicted octanol–water partition coefficient (Wildman–Crippen LogP) is 3.28. The maximum Gasteiger partial charge on any atom is 0.227 e. The van der Waals surface area contributed by atoms with Crippen LogP contribution in [0.1, 0.15) is 38.7 Å². The van der Waals surface area contributed by atoms with Gasteiger partial charge in [-0.3, -0.25) is 4.79 Å². The Bertz CT molecular complexity index is 501. The fourth-order valence-electron chi connectivity index (χ4n) is 3.59. The number of hydrogen-bond acceptors (Lipinski definition) is 3. The number of nitrogens with zero attached hydrogens (tertiary/aromatic N) is 1. The van der Waals surface area contributed by atoms with E-state index >= 15 is 0 Å². The second-order valence-electron chi connectivity index (χ2n) is 7.09. The molecule has 1 aliphatic heterocycles. The molecule has 1 amide bonds. The lowest BCUT2D eigenvalue weighted by Crippen LogP contribution is -2.46. The van der Waals surface area contributed by atoms with E-state index in [0.29, 0.717) is 12.5 Å². The standard InChI is InChI=1S/C20H33N3O.2ClH/c1-3-20(4-2,16-21)19(24)22-14-18-11-13-23(15-18)12-10-17-8-6-5-7-9-17;;/h5-9,18H,3-4,10-16,21H2,1-2H3,(H,22,24);2*1H. The van der Waals surface area contributed by atoms with Gasteiger partial charge in [0.1, 0.15) is 0 Å². The van der Waals surface area contributed by atoms with Gasteiger partial charge >= 0.3 is 0 Å². The van der Waals surface area contributed by atoms with Gasteiger partial charge in [0.25, 0.3) is 0 Å². The van der Waals surface area contributed by atoms with E-state index in [4.69, 9.17) is 5.73 Å². The quantitative estimate of drug-likeness (QED) is 0.664. The molecule has 1 saturated heterocycles. The summed E-state index contributed by atoms with van der Waals surface area (Å²) in [6, 6.07) is 10.6. The van der Waals surface area contributed by atoms with E-state index in [1.807, 2.05) is 0 Å². The second-order valence-corrected chi connectivity index (χ2v) is 7.09. The highest BCUT2D eigenvalue weighted by Crippen LogP contribution is 2.25. The van der Waals surface area contributed by atoms with Crippen molar-refractivity contribution in [3.8, 4) is 0 Å². The SMILES string of the molecule is CCC(CC)(CN)C(=O)NCC1CCN(CCc2ccccc2)C1.Cl.Cl. The van der Waals surface area contributed by atoms with Gasteiger partial charge in [-0.2, -0.15) is 0 Å². The molecule has 1 atom stereocenters. The van der Waals surface area contributed by atoms with Crippen molar-refractivity contribution < 1.29 is 4.79 Å². The van der Waals surface area contributed by atoms with Crippen molar-refractivity contribution in [2.75, 3.05) is 32.7 Å². The highest BCUT2D eigenvalue weighted by molar-refractivity contribution is 5.85. The molecule has 0 saturated carbocycles. The summed E-state index contributed by atoms with van der Waals surface area (Å²) in [4.78, 5) is 15.0. The number of nitrogens with two attached hydrogens (primary N) is 1. The van der Waals surface area contributed by atoms with Crippen molar-refractivity contribution >= 4 is 30.7 Å². The van der Waals surface area contributed by atoms with Crippen LogP contribution in [-0.2, 0) is 11.2 Å². The van der Waals surface area contributed by atoms with Gasteiger partial charge in [0.15, 0.2) is 0 Å². The smallest absolute Gasteiger partial charge is 0.227 e. The molecule has 0 radical (unpaired) electrons. The molecular weight excluding hydrogens is 369 g/mol. The molecule has 1 aliphatic rings. The fourth-order valence-corrected chi connectivity index (χ4v) is 3.59. The van der Waals surface area contributed by atoms with E-state index in [9.17, 15) is 4.79 Å². The van der Waals surface area contributed by atoms with Crippen molar-refractivity contribution in [3.05, 3.63) is 35.9 Å². The van der Waals surface area contributed by atoms with Crippen molar-refractivity contribution in [1.29, 1.82) is 0 Å². The number of halogens is 2. The van der Waals surface area contributed by atoms with Crippen LogP contribution in [0.25, 0.3) is 0 Å². The van der Waals surface area contributed by atoms with Crippen molar-refractivity contribution in [2.45, 2.75) is 39.5 Å².